The van der Waals surface area contributed by atoms with Gasteiger partial charge in [0.05, 0.1) is 36.1 Å². The van der Waals surface area contributed by atoms with Crippen LogP contribution in [-0.4, -0.2) is 68.6 Å². The van der Waals surface area contributed by atoms with Crippen molar-refractivity contribution in [3.8, 4) is 0 Å². The second-order valence-electron chi connectivity index (χ2n) is 7.13. The number of ether oxygens (including phenoxy) is 2. The lowest BCUT2D eigenvalue weighted by Crippen LogP contribution is -2.47. The van der Waals surface area contributed by atoms with Crippen LogP contribution in [-0.2, 0) is 9.47 Å². The SMILES string of the molecule is CC.CCC(CC(CN)C(=N)/C(=C/CN1C[C@@H](CC)O[C@@H](CC)C1)N=CN)OC.[HH]. The van der Waals surface area contributed by atoms with Crippen LogP contribution >= 0.6 is 0 Å². The number of morpholine rings is 1. The Bertz CT molecular complexity index is 486. The van der Waals surface area contributed by atoms with Crippen molar-refractivity contribution in [1.29, 1.82) is 5.41 Å². The largest absolute Gasteiger partial charge is 0.390 e. The molecule has 0 aliphatic carbocycles. The Morgan fingerprint density at radius 2 is 1.86 bits per heavy atom. The molecule has 0 radical (unpaired) electrons. The first-order valence-corrected chi connectivity index (χ1v) is 11.2. The van der Waals surface area contributed by atoms with Crippen molar-refractivity contribution in [1.82, 2.24) is 4.90 Å². The van der Waals surface area contributed by atoms with E-state index in [0.717, 1.165) is 38.9 Å². The number of nitrogens with one attached hydrogen (secondary N) is 1. The molecule has 1 rings (SSSR count). The van der Waals surface area contributed by atoms with Crippen LogP contribution in [0.25, 0.3) is 0 Å². The van der Waals surface area contributed by atoms with E-state index in [1.54, 1.807) is 7.11 Å². The summed E-state index contributed by atoms with van der Waals surface area (Å²) in [6.07, 6.45) is 7.49. The third kappa shape index (κ3) is 9.85. The van der Waals surface area contributed by atoms with Crippen molar-refractivity contribution in [2.45, 2.75) is 78.6 Å². The molecule has 1 aliphatic rings. The van der Waals surface area contributed by atoms with Gasteiger partial charge in [-0.05, 0) is 31.8 Å². The standard InChI is InChI=1S/C20H39N5O2.C2H6.H2/c1-5-16(26-4)10-15(11-21)20(23)19(24-14-22)8-9-25-12-17(6-2)27-18(7-3)13-25;1-2;/h8,14-18,23H,5-7,9-13,21H2,1-4H3,(H2,22,24);1-2H3;1H/b19-8-,23-20?;;/t15?,16?,17-,18+;;. The quantitative estimate of drug-likeness (QED) is 0.335. The highest BCUT2D eigenvalue weighted by molar-refractivity contribution is 6.00. The Morgan fingerprint density at radius 1 is 1.28 bits per heavy atom. The number of allylic oxidation sites excluding steroid dienone is 1. The minimum atomic E-state index is -0.0960. The van der Waals surface area contributed by atoms with Gasteiger partial charge in [-0.1, -0.05) is 34.6 Å². The maximum atomic E-state index is 8.60. The maximum absolute atomic E-state index is 8.60. The van der Waals surface area contributed by atoms with Crippen LogP contribution in [0.1, 0.15) is 61.7 Å². The third-order valence-corrected chi connectivity index (χ3v) is 5.28. The monoisotopic (exact) mass is 413 g/mol. The van der Waals surface area contributed by atoms with E-state index in [2.05, 4.69) is 30.7 Å². The van der Waals surface area contributed by atoms with Crippen LogP contribution in [0, 0.1) is 11.3 Å². The molecule has 7 nitrogen and oxygen atoms in total. The molecule has 172 valence electrons. The zero-order chi connectivity index (χ0) is 22.2. The van der Waals surface area contributed by atoms with E-state index in [0.29, 0.717) is 24.4 Å². The van der Waals surface area contributed by atoms with Gasteiger partial charge in [-0.3, -0.25) is 4.90 Å². The predicted octanol–water partition coefficient (Wildman–Crippen LogP) is 3.43. The van der Waals surface area contributed by atoms with E-state index in [1.165, 1.54) is 6.34 Å². The van der Waals surface area contributed by atoms with E-state index < -0.39 is 0 Å². The van der Waals surface area contributed by atoms with Gasteiger partial charge in [0.15, 0.2) is 0 Å². The molecule has 4 atom stereocenters. The third-order valence-electron chi connectivity index (χ3n) is 5.28. The van der Waals surface area contributed by atoms with Gasteiger partial charge in [0.2, 0.25) is 0 Å². The number of hydrogen-bond acceptors (Lipinski definition) is 6. The van der Waals surface area contributed by atoms with Crippen molar-refractivity contribution in [2.75, 3.05) is 33.3 Å². The van der Waals surface area contributed by atoms with Crippen LogP contribution < -0.4 is 11.5 Å². The lowest BCUT2D eigenvalue weighted by molar-refractivity contribution is -0.0839. The highest BCUT2D eigenvalue weighted by Crippen LogP contribution is 2.19. The summed E-state index contributed by atoms with van der Waals surface area (Å²) in [5, 5.41) is 8.60. The molecular weight excluding hydrogens is 366 g/mol. The van der Waals surface area contributed by atoms with Gasteiger partial charge in [-0.25, -0.2) is 4.99 Å². The van der Waals surface area contributed by atoms with Crippen LogP contribution in [0.15, 0.2) is 16.8 Å². The zero-order valence-electron chi connectivity index (χ0n) is 19.5. The number of methoxy groups -OCH3 is 1. The molecule has 1 fully saturated rings. The molecule has 0 aromatic heterocycles. The topological polar surface area (TPSA) is 110 Å². The summed E-state index contributed by atoms with van der Waals surface area (Å²) in [6.45, 7) is 13.3. The van der Waals surface area contributed by atoms with Gasteiger partial charge < -0.3 is 26.4 Å². The van der Waals surface area contributed by atoms with E-state index >= 15 is 0 Å². The minimum Gasteiger partial charge on any atom is -0.390 e. The first-order chi connectivity index (χ1) is 14.0. The number of hydrogen-bond donors (Lipinski definition) is 3. The Labute approximate surface area is 179 Å². The van der Waals surface area contributed by atoms with Crippen LogP contribution in [0.5, 0.6) is 0 Å². The van der Waals surface area contributed by atoms with E-state index in [4.69, 9.17) is 26.4 Å². The molecule has 0 bridgehead atoms. The van der Waals surface area contributed by atoms with Crippen molar-refractivity contribution in [3.05, 3.63) is 11.8 Å². The van der Waals surface area contributed by atoms with Crippen LogP contribution in [0.2, 0.25) is 0 Å². The summed E-state index contributed by atoms with van der Waals surface area (Å²) in [7, 11) is 1.70. The van der Waals surface area contributed by atoms with Gasteiger partial charge in [0, 0.05) is 40.6 Å². The lowest BCUT2D eigenvalue weighted by atomic mass is 9.93. The number of aliphatic imine (C=N–C) groups is 1. The molecule has 5 N–H and O–H groups in total. The van der Waals surface area contributed by atoms with Crippen LogP contribution in [0.3, 0.4) is 0 Å². The first-order valence-electron chi connectivity index (χ1n) is 11.2. The average Bonchev–Trinajstić information content (AvgIpc) is 2.78. The summed E-state index contributed by atoms with van der Waals surface area (Å²) in [5.74, 6) is -0.0960. The molecular formula is C22H47N5O2. The average molecular weight is 414 g/mol. The molecule has 0 spiro atoms. The second kappa shape index (κ2) is 16.5. The molecule has 0 amide bonds. The molecule has 0 aromatic carbocycles. The fourth-order valence-electron chi connectivity index (χ4n) is 3.42. The zero-order valence-corrected chi connectivity index (χ0v) is 19.5. The Kier molecular flexibility index (Phi) is 15.8. The maximum Gasteiger partial charge on any atom is 0.0860 e. The normalized spacial score (nSPS) is 22.8. The van der Waals surface area contributed by atoms with Gasteiger partial charge in [-0.2, -0.15) is 0 Å². The molecule has 1 saturated heterocycles. The Morgan fingerprint density at radius 3 is 2.28 bits per heavy atom. The summed E-state index contributed by atoms with van der Waals surface area (Å²) >= 11 is 0. The highest BCUT2D eigenvalue weighted by Gasteiger charge is 2.26. The van der Waals surface area contributed by atoms with Crippen molar-refractivity contribution < 1.29 is 10.9 Å². The van der Waals surface area contributed by atoms with Gasteiger partial charge in [-0.15, -0.1) is 0 Å². The minimum absolute atomic E-state index is 0. The molecule has 0 aromatic rings. The van der Waals surface area contributed by atoms with Crippen molar-refractivity contribution in [3.63, 3.8) is 0 Å². The summed E-state index contributed by atoms with van der Waals surface area (Å²) in [4.78, 5) is 6.62. The Balaban J connectivity index is 0. The number of nitrogens with two attached hydrogens (primary N) is 2. The summed E-state index contributed by atoms with van der Waals surface area (Å²) in [6, 6.07) is 0. The lowest BCUT2D eigenvalue weighted by Gasteiger charge is -2.37. The molecule has 1 heterocycles. The second-order valence-corrected chi connectivity index (χ2v) is 7.13. The van der Waals surface area contributed by atoms with E-state index in [9.17, 15) is 0 Å². The number of nitrogens with zero attached hydrogens (tertiary/aromatic N) is 2. The highest BCUT2D eigenvalue weighted by atomic mass is 16.5. The van der Waals surface area contributed by atoms with Gasteiger partial charge in [0.1, 0.15) is 0 Å². The predicted molar refractivity (Wildman–Crippen MR) is 126 cm³/mol. The van der Waals surface area contributed by atoms with E-state index in [1.807, 2.05) is 19.9 Å². The van der Waals surface area contributed by atoms with Crippen molar-refractivity contribution >= 4 is 12.1 Å². The van der Waals surface area contributed by atoms with Crippen LogP contribution in [0.4, 0.5) is 0 Å². The van der Waals surface area contributed by atoms with Crippen molar-refractivity contribution in [2.24, 2.45) is 22.4 Å². The smallest absolute Gasteiger partial charge is 0.0860 e. The summed E-state index contributed by atoms with van der Waals surface area (Å²) in [5.41, 5.74) is 12.5. The molecule has 0 saturated carbocycles. The fraction of sp³-hybridized carbons (Fsp3) is 0.818. The van der Waals surface area contributed by atoms with Gasteiger partial charge >= 0.3 is 0 Å². The molecule has 2 unspecified atom stereocenters. The Hall–Kier alpha value is -1.28. The molecule has 7 heteroatoms. The number of rotatable bonds is 12. The first kappa shape index (κ1) is 27.7. The van der Waals surface area contributed by atoms with E-state index in [-0.39, 0.29) is 25.7 Å². The fourth-order valence-corrected chi connectivity index (χ4v) is 3.42. The molecule has 1 aliphatic heterocycles. The summed E-state index contributed by atoms with van der Waals surface area (Å²) < 4.78 is 11.5. The van der Waals surface area contributed by atoms with Gasteiger partial charge in [0.25, 0.3) is 0 Å². The molecule has 29 heavy (non-hydrogen) atoms.